The molecule has 0 unspecified atom stereocenters. The summed E-state index contributed by atoms with van der Waals surface area (Å²) in [6, 6.07) is 6.48. The quantitative estimate of drug-likeness (QED) is 0.344. The van der Waals surface area contributed by atoms with Gasteiger partial charge >= 0.3 is 63.8 Å². The van der Waals surface area contributed by atoms with Gasteiger partial charge in [-0.05, 0) is 0 Å². The molecule has 1 aromatic rings. The molecule has 0 aliphatic rings. The molecule has 0 saturated carbocycles. The first-order chi connectivity index (χ1) is 5.25. The van der Waals surface area contributed by atoms with Crippen LogP contribution in [0.15, 0.2) is 24.3 Å². The SMILES string of the molecule is C=Bc1ccccc1[N+](=O)[O-]. The summed E-state index contributed by atoms with van der Waals surface area (Å²) < 4.78 is 0. The van der Waals surface area contributed by atoms with Crippen molar-refractivity contribution in [1.82, 2.24) is 0 Å². The maximum atomic E-state index is 10.3. The third-order valence-corrected chi connectivity index (χ3v) is 1.35. The van der Waals surface area contributed by atoms with Crippen molar-refractivity contribution in [1.29, 1.82) is 0 Å². The molecule has 1 rings (SSSR count). The Morgan fingerprint density at radius 1 is 1.45 bits per heavy atom. The molecule has 0 bridgehead atoms. The van der Waals surface area contributed by atoms with E-state index in [9.17, 15) is 10.1 Å². The average molecular weight is 147 g/mol. The van der Waals surface area contributed by atoms with Crippen LogP contribution in [0.5, 0.6) is 0 Å². The fraction of sp³-hybridized carbons (Fsp3) is 0. The van der Waals surface area contributed by atoms with Gasteiger partial charge in [-0.25, -0.2) is 0 Å². The molecule has 0 N–H and O–H groups in total. The summed E-state index contributed by atoms with van der Waals surface area (Å²) in [6.07, 6.45) is 0. The molecule has 0 radical (unpaired) electrons. The van der Waals surface area contributed by atoms with Crippen molar-refractivity contribution in [3.05, 3.63) is 34.4 Å². The van der Waals surface area contributed by atoms with Crippen molar-refractivity contribution in [2.75, 3.05) is 0 Å². The van der Waals surface area contributed by atoms with E-state index in [1.165, 1.54) is 13.0 Å². The van der Waals surface area contributed by atoms with E-state index in [4.69, 9.17) is 0 Å². The van der Waals surface area contributed by atoms with Crippen LogP contribution in [-0.4, -0.2) is 18.3 Å². The summed E-state index contributed by atoms with van der Waals surface area (Å²) in [4.78, 5) is 9.92. The molecule has 0 aliphatic heterocycles. The van der Waals surface area contributed by atoms with Crippen LogP contribution >= 0.6 is 0 Å². The van der Waals surface area contributed by atoms with E-state index in [1.54, 1.807) is 18.2 Å². The molecule has 0 heterocycles. The molecule has 0 aromatic heterocycles. The van der Waals surface area contributed by atoms with Crippen molar-refractivity contribution in [2.45, 2.75) is 0 Å². The van der Waals surface area contributed by atoms with Crippen LogP contribution in [0, 0.1) is 10.1 Å². The zero-order valence-electron chi connectivity index (χ0n) is 5.86. The monoisotopic (exact) mass is 147 g/mol. The van der Waals surface area contributed by atoms with Crippen molar-refractivity contribution >= 4 is 24.5 Å². The standard InChI is InChI=1S/C7H6BNO2/c1-8-6-4-2-3-5-7(6)9(10)11/h2-5H,1H2. The number of rotatable bonds is 2. The summed E-state index contributed by atoms with van der Waals surface area (Å²) in [5.41, 5.74) is 0.653. The number of hydrogen-bond acceptors (Lipinski definition) is 2. The topological polar surface area (TPSA) is 43.1 Å². The van der Waals surface area contributed by atoms with Gasteiger partial charge in [-0.3, -0.25) is 0 Å². The van der Waals surface area contributed by atoms with Crippen molar-refractivity contribution in [3.8, 4) is 0 Å². The van der Waals surface area contributed by atoms with Gasteiger partial charge < -0.3 is 0 Å². The van der Waals surface area contributed by atoms with Crippen molar-refractivity contribution < 1.29 is 4.92 Å². The first kappa shape index (κ1) is 7.66. The summed E-state index contributed by atoms with van der Waals surface area (Å²) in [5, 5.41) is 10.3. The number of nitro groups is 1. The van der Waals surface area contributed by atoms with Gasteiger partial charge in [0.1, 0.15) is 0 Å². The van der Waals surface area contributed by atoms with E-state index >= 15 is 0 Å². The second-order valence-corrected chi connectivity index (χ2v) is 2.02. The second-order valence-electron chi connectivity index (χ2n) is 2.02. The molecular formula is C7H6BNO2. The molecule has 0 fully saturated rings. The minimum absolute atomic E-state index is 0.0995. The molecule has 0 saturated heterocycles. The van der Waals surface area contributed by atoms with Crippen LogP contribution < -0.4 is 5.46 Å². The maximum absolute atomic E-state index is 10.3. The summed E-state index contributed by atoms with van der Waals surface area (Å²) in [5.74, 6) is 0. The van der Waals surface area contributed by atoms with E-state index in [2.05, 4.69) is 6.47 Å². The predicted molar refractivity (Wildman–Crippen MR) is 45.6 cm³/mol. The number of hydrogen-bond donors (Lipinski definition) is 0. The molecule has 0 amide bonds. The van der Waals surface area contributed by atoms with E-state index in [0.29, 0.717) is 5.46 Å². The number of para-hydroxylation sites is 1. The van der Waals surface area contributed by atoms with Gasteiger partial charge in [-0.15, -0.1) is 0 Å². The normalized spacial score (nSPS) is 8.73. The second kappa shape index (κ2) is 3.10. The fourth-order valence-electron chi connectivity index (χ4n) is 0.826. The molecular weight excluding hydrogens is 141 g/mol. The molecule has 1 aromatic carbocycles. The molecule has 0 aliphatic carbocycles. The van der Waals surface area contributed by atoms with Crippen LogP contribution in [0.25, 0.3) is 0 Å². The minimum atomic E-state index is -0.420. The van der Waals surface area contributed by atoms with E-state index in [-0.39, 0.29) is 5.69 Å². The van der Waals surface area contributed by atoms with Gasteiger partial charge in [0.25, 0.3) is 0 Å². The molecule has 11 heavy (non-hydrogen) atoms. The van der Waals surface area contributed by atoms with Gasteiger partial charge in [0.15, 0.2) is 0 Å². The van der Waals surface area contributed by atoms with E-state index in [0.717, 1.165) is 0 Å². The Kier molecular flexibility index (Phi) is 2.16. The third kappa shape index (κ3) is 1.52. The molecule has 4 heteroatoms. The van der Waals surface area contributed by atoms with Crippen LogP contribution in [0.4, 0.5) is 5.69 Å². The Morgan fingerprint density at radius 2 is 2.09 bits per heavy atom. The van der Waals surface area contributed by atoms with Gasteiger partial charge in [0, 0.05) is 0 Å². The molecule has 0 atom stereocenters. The number of nitro benzene ring substituents is 1. The van der Waals surface area contributed by atoms with Gasteiger partial charge in [-0.2, -0.15) is 0 Å². The Hall–Kier alpha value is -1.45. The summed E-state index contributed by atoms with van der Waals surface area (Å²) >= 11 is 0. The predicted octanol–water partition coefficient (Wildman–Crippen LogP) is 0.356. The first-order valence-electron chi connectivity index (χ1n) is 3.11. The zero-order chi connectivity index (χ0) is 8.27. The molecule has 3 nitrogen and oxygen atoms in total. The van der Waals surface area contributed by atoms with Gasteiger partial charge in [0.05, 0.1) is 0 Å². The van der Waals surface area contributed by atoms with E-state index in [1.807, 2.05) is 0 Å². The number of benzene rings is 1. The molecule has 0 spiro atoms. The Balaban J connectivity index is 3.22. The van der Waals surface area contributed by atoms with Crippen LogP contribution in [0.3, 0.4) is 0 Å². The van der Waals surface area contributed by atoms with Gasteiger partial charge in [-0.1, -0.05) is 0 Å². The first-order valence-corrected chi connectivity index (χ1v) is 3.11. The van der Waals surface area contributed by atoms with Crippen LogP contribution in [0.2, 0.25) is 0 Å². The third-order valence-electron chi connectivity index (χ3n) is 1.35. The van der Waals surface area contributed by atoms with Crippen LogP contribution in [-0.2, 0) is 0 Å². The zero-order valence-corrected chi connectivity index (χ0v) is 5.86. The average Bonchev–Trinajstić information content (AvgIpc) is 2.04. The van der Waals surface area contributed by atoms with Gasteiger partial charge in [0.2, 0.25) is 0 Å². The van der Waals surface area contributed by atoms with Crippen molar-refractivity contribution in [3.63, 3.8) is 0 Å². The van der Waals surface area contributed by atoms with Crippen molar-refractivity contribution in [2.24, 2.45) is 0 Å². The summed E-state index contributed by atoms with van der Waals surface area (Å²) in [6.45, 7) is 4.94. The molecule has 54 valence electrons. The number of nitrogens with zero attached hydrogens (tertiary/aromatic N) is 1. The summed E-state index contributed by atoms with van der Waals surface area (Å²) in [7, 11) is 0. The Morgan fingerprint density at radius 3 is 2.55 bits per heavy atom. The van der Waals surface area contributed by atoms with Crippen LogP contribution in [0.1, 0.15) is 0 Å². The Bertz CT molecular complexity index is 298. The Labute approximate surface area is 64.7 Å². The fourth-order valence-corrected chi connectivity index (χ4v) is 0.826. The van der Waals surface area contributed by atoms with E-state index < -0.39 is 4.92 Å².